The second kappa shape index (κ2) is 12.4. The number of hydrogen-bond donors (Lipinski definition) is 1. The van der Waals surface area contributed by atoms with Gasteiger partial charge in [-0.3, -0.25) is 9.97 Å². The summed E-state index contributed by atoms with van der Waals surface area (Å²) in [4.78, 5) is 15.0. The summed E-state index contributed by atoms with van der Waals surface area (Å²) in [6.07, 6.45) is 3.72. The standard InChI is InChI=1S/C42H39N4O.Pt/c1-26-21-29-23-31(42(5,6)7)24-35(37(29)44-25-26)27-11-10-12-28(22-27)39-45-38-34(33-13-8-9-14-36(33)47)19-20-43-40(38)46(39)32-17-15-30(16-18-32)41(2,3)4;/h8-21,23-25,47H,1-7H3;/q-1;. The predicted octanol–water partition coefficient (Wildman–Crippen LogP) is 10.4. The summed E-state index contributed by atoms with van der Waals surface area (Å²) < 4.78 is 2.10. The summed E-state index contributed by atoms with van der Waals surface area (Å²) in [6, 6.07) is 34.6. The molecule has 6 heteroatoms. The maximum absolute atomic E-state index is 10.8. The van der Waals surface area contributed by atoms with Gasteiger partial charge in [-0.25, -0.2) is 4.98 Å². The van der Waals surface area contributed by atoms with Gasteiger partial charge in [0.05, 0.1) is 5.82 Å². The van der Waals surface area contributed by atoms with E-state index in [-0.39, 0.29) is 37.6 Å². The molecule has 4 aromatic carbocycles. The van der Waals surface area contributed by atoms with Crippen LogP contribution in [0.3, 0.4) is 0 Å². The number of pyridine rings is 2. The number of imidazole rings is 1. The number of benzene rings is 4. The van der Waals surface area contributed by atoms with Crippen molar-refractivity contribution in [2.45, 2.75) is 59.3 Å². The first-order chi connectivity index (χ1) is 22.4. The van der Waals surface area contributed by atoms with E-state index >= 15 is 0 Å². The Morgan fingerprint density at radius 1 is 0.667 bits per heavy atom. The molecule has 0 atom stereocenters. The van der Waals surface area contributed by atoms with Gasteiger partial charge in [0.15, 0.2) is 5.65 Å². The molecule has 0 saturated heterocycles. The van der Waals surface area contributed by atoms with Gasteiger partial charge in [0.2, 0.25) is 0 Å². The second-order valence-electron chi connectivity index (χ2n) is 14.5. The van der Waals surface area contributed by atoms with Gasteiger partial charge >= 0.3 is 0 Å². The Kier molecular flexibility index (Phi) is 8.64. The van der Waals surface area contributed by atoms with Gasteiger partial charge in [-0.2, -0.15) is 0 Å². The first-order valence-electron chi connectivity index (χ1n) is 16.1. The number of nitrogens with zero attached hydrogens (tertiary/aromatic N) is 4. The molecule has 7 aromatic rings. The fraction of sp³-hybridized carbons (Fsp3) is 0.214. The number of hydrogen-bond acceptors (Lipinski definition) is 4. The van der Waals surface area contributed by atoms with Crippen molar-refractivity contribution in [3.05, 3.63) is 126 Å². The van der Waals surface area contributed by atoms with Crippen molar-refractivity contribution in [1.82, 2.24) is 19.5 Å². The SMILES string of the molecule is Cc1cnc2c(-c3[c-]c(-c4nc5c(-c6ccccc6O)ccnc5n4-c4ccc(C(C)(C)C)cc4)ccc3)cc(C(C)(C)C)cc2c1.[Pt]. The average Bonchev–Trinajstić information content (AvgIpc) is 3.44. The van der Waals surface area contributed by atoms with Gasteiger partial charge in [0.25, 0.3) is 0 Å². The molecule has 244 valence electrons. The molecular weight excluding hydrogens is 772 g/mol. The van der Waals surface area contributed by atoms with Crippen molar-refractivity contribution in [3.63, 3.8) is 0 Å². The van der Waals surface area contributed by atoms with Crippen LogP contribution in [0, 0.1) is 13.0 Å². The Hall–Kier alpha value is -4.60. The Labute approximate surface area is 297 Å². The van der Waals surface area contributed by atoms with Gasteiger partial charge in [-0.05, 0) is 70.2 Å². The van der Waals surface area contributed by atoms with Crippen LogP contribution >= 0.6 is 0 Å². The van der Waals surface area contributed by atoms with E-state index in [1.54, 1.807) is 12.3 Å². The van der Waals surface area contributed by atoms with Crippen molar-refractivity contribution < 1.29 is 26.2 Å². The van der Waals surface area contributed by atoms with Crippen molar-refractivity contribution in [2.24, 2.45) is 0 Å². The van der Waals surface area contributed by atoms with Crippen LogP contribution in [-0.4, -0.2) is 24.6 Å². The molecule has 1 N–H and O–H groups in total. The fourth-order valence-electron chi connectivity index (χ4n) is 6.18. The minimum atomic E-state index is -0.0391. The van der Waals surface area contributed by atoms with E-state index in [2.05, 4.69) is 120 Å². The molecule has 0 bridgehead atoms. The summed E-state index contributed by atoms with van der Waals surface area (Å²) >= 11 is 0. The first kappa shape index (κ1) is 33.3. The van der Waals surface area contributed by atoms with Crippen LogP contribution in [0.2, 0.25) is 0 Å². The average molecular weight is 811 g/mol. The molecule has 3 aromatic heterocycles. The van der Waals surface area contributed by atoms with Crippen LogP contribution in [0.4, 0.5) is 0 Å². The molecule has 0 saturated carbocycles. The zero-order chi connectivity index (χ0) is 33.1. The number of para-hydroxylation sites is 1. The van der Waals surface area contributed by atoms with Crippen molar-refractivity contribution >= 4 is 22.1 Å². The monoisotopic (exact) mass is 810 g/mol. The van der Waals surface area contributed by atoms with Crippen LogP contribution in [0.25, 0.3) is 61.4 Å². The smallest absolute Gasteiger partial charge is 0.157 e. The molecule has 0 radical (unpaired) electrons. The van der Waals surface area contributed by atoms with E-state index in [0.717, 1.165) is 50.2 Å². The Morgan fingerprint density at radius 2 is 1.38 bits per heavy atom. The first-order valence-corrected chi connectivity index (χ1v) is 16.1. The van der Waals surface area contributed by atoms with Crippen molar-refractivity contribution in [2.75, 3.05) is 0 Å². The normalized spacial score (nSPS) is 12.0. The molecule has 0 aliphatic carbocycles. The van der Waals surface area contributed by atoms with Crippen LogP contribution < -0.4 is 0 Å². The topological polar surface area (TPSA) is 63.8 Å². The number of fused-ring (bicyclic) bond motifs is 2. The third-order valence-electron chi connectivity index (χ3n) is 8.84. The summed E-state index contributed by atoms with van der Waals surface area (Å²) in [6.45, 7) is 15.5. The molecule has 0 aliphatic rings. The second-order valence-corrected chi connectivity index (χ2v) is 14.5. The molecule has 0 fully saturated rings. The van der Waals surface area contributed by atoms with E-state index in [4.69, 9.17) is 15.0 Å². The summed E-state index contributed by atoms with van der Waals surface area (Å²) in [5.74, 6) is 0.924. The van der Waals surface area contributed by atoms with E-state index in [1.165, 1.54) is 11.1 Å². The van der Waals surface area contributed by atoms with Crippen LogP contribution in [0.1, 0.15) is 58.2 Å². The molecule has 48 heavy (non-hydrogen) atoms. The van der Waals surface area contributed by atoms with Gasteiger partial charge in [0.1, 0.15) is 11.3 Å². The molecule has 5 nitrogen and oxygen atoms in total. The Morgan fingerprint density at radius 3 is 2.08 bits per heavy atom. The largest absolute Gasteiger partial charge is 0.507 e. The van der Waals surface area contributed by atoms with Crippen LogP contribution in [-0.2, 0) is 31.9 Å². The molecule has 0 amide bonds. The predicted molar refractivity (Wildman–Crippen MR) is 193 cm³/mol. The third kappa shape index (κ3) is 6.08. The van der Waals surface area contributed by atoms with E-state index in [1.807, 2.05) is 30.5 Å². The zero-order valence-corrected chi connectivity index (χ0v) is 30.6. The van der Waals surface area contributed by atoms with Gasteiger partial charge in [-0.1, -0.05) is 95.1 Å². The number of aromatic nitrogens is 4. The molecular formula is C42H39N4OPt-. The number of phenols is 1. The maximum Gasteiger partial charge on any atom is 0.157 e. The number of aromatic hydroxyl groups is 1. The van der Waals surface area contributed by atoms with Gasteiger partial charge in [-0.15, -0.1) is 29.8 Å². The van der Waals surface area contributed by atoms with Gasteiger partial charge in [0, 0.05) is 55.8 Å². The van der Waals surface area contributed by atoms with Crippen molar-refractivity contribution in [1.29, 1.82) is 0 Å². The molecule has 0 unspecified atom stereocenters. The van der Waals surface area contributed by atoms with Crippen molar-refractivity contribution in [3.8, 4) is 45.1 Å². The minimum Gasteiger partial charge on any atom is -0.507 e. The molecule has 0 aliphatic heterocycles. The molecule has 7 rings (SSSR count). The quantitative estimate of drug-likeness (QED) is 0.180. The number of phenolic OH excluding ortho intramolecular Hbond substituents is 1. The Balaban J connectivity index is 0.00000401. The Bertz CT molecular complexity index is 2290. The zero-order valence-electron chi connectivity index (χ0n) is 28.4. The molecule has 3 heterocycles. The van der Waals surface area contributed by atoms with Crippen LogP contribution in [0.15, 0.2) is 103 Å². The maximum atomic E-state index is 10.8. The fourth-order valence-corrected chi connectivity index (χ4v) is 6.18. The van der Waals surface area contributed by atoms with E-state index in [9.17, 15) is 5.11 Å². The summed E-state index contributed by atoms with van der Waals surface area (Å²) in [5, 5.41) is 11.9. The minimum absolute atomic E-state index is 0. The summed E-state index contributed by atoms with van der Waals surface area (Å²) in [7, 11) is 0. The van der Waals surface area contributed by atoms with E-state index < -0.39 is 0 Å². The van der Waals surface area contributed by atoms with Gasteiger partial charge < -0.3 is 9.67 Å². The summed E-state index contributed by atoms with van der Waals surface area (Å²) in [5.41, 5.74) is 11.3. The van der Waals surface area contributed by atoms with E-state index in [0.29, 0.717) is 16.7 Å². The number of rotatable bonds is 4. The third-order valence-corrected chi connectivity index (χ3v) is 8.84. The van der Waals surface area contributed by atoms with Crippen LogP contribution in [0.5, 0.6) is 5.75 Å². The molecule has 0 spiro atoms. The number of aryl methyl sites for hydroxylation is 1.